The van der Waals surface area contributed by atoms with Crippen LogP contribution in [0.1, 0.15) is 47.5 Å². The van der Waals surface area contributed by atoms with E-state index < -0.39 is 59.3 Å². The summed E-state index contributed by atoms with van der Waals surface area (Å²) >= 11 is 0. The van der Waals surface area contributed by atoms with Crippen LogP contribution in [0.5, 0.6) is 0 Å². The lowest BCUT2D eigenvalue weighted by atomic mass is 9.92. The van der Waals surface area contributed by atoms with Gasteiger partial charge in [0.1, 0.15) is 30.0 Å². The van der Waals surface area contributed by atoms with Crippen molar-refractivity contribution in [3.8, 4) is 0 Å². The number of carbonyl (C=O) groups is 3. The third-order valence-electron chi connectivity index (χ3n) is 5.79. The molecule has 4 aliphatic rings. The van der Waals surface area contributed by atoms with E-state index in [1.807, 2.05) is 13.8 Å². The Labute approximate surface area is 175 Å². The molecule has 4 saturated heterocycles. The van der Waals surface area contributed by atoms with Gasteiger partial charge >= 0.3 is 12.1 Å². The fourth-order valence-electron chi connectivity index (χ4n) is 4.71. The van der Waals surface area contributed by atoms with Crippen LogP contribution in [0.25, 0.3) is 0 Å². The van der Waals surface area contributed by atoms with Gasteiger partial charge in [-0.3, -0.25) is 4.79 Å². The molecule has 0 aromatic rings. The number of likely N-dealkylation sites (tertiary alicyclic amines) is 1. The highest BCUT2D eigenvalue weighted by Crippen LogP contribution is 2.48. The van der Waals surface area contributed by atoms with Gasteiger partial charge in [0.25, 0.3) is 5.91 Å². The van der Waals surface area contributed by atoms with Crippen LogP contribution in [-0.2, 0) is 38.0 Å². The fourth-order valence-corrected chi connectivity index (χ4v) is 4.71. The van der Waals surface area contributed by atoms with Crippen LogP contribution >= 0.6 is 0 Å². The second-order valence-corrected chi connectivity index (χ2v) is 9.69. The lowest BCUT2D eigenvalue weighted by molar-refractivity contribution is -0.174. The van der Waals surface area contributed by atoms with Gasteiger partial charge in [0.05, 0.1) is 19.8 Å². The summed E-state index contributed by atoms with van der Waals surface area (Å²) in [5.74, 6) is -2.12. The summed E-state index contributed by atoms with van der Waals surface area (Å²) in [4.78, 5) is 39.4. The van der Waals surface area contributed by atoms with E-state index in [4.69, 9.17) is 28.4 Å². The largest absolute Gasteiger partial charge is 0.467 e. The summed E-state index contributed by atoms with van der Waals surface area (Å²) in [6, 6.07) is -1.13. The molecule has 0 aromatic carbocycles. The first-order valence-corrected chi connectivity index (χ1v) is 10.2. The van der Waals surface area contributed by atoms with Gasteiger partial charge in [0.15, 0.2) is 11.4 Å². The van der Waals surface area contributed by atoms with Crippen molar-refractivity contribution < 1.29 is 42.8 Å². The number of fused-ring (bicyclic) bond motifs is 3. The zero-order valence-corrected chi connectivity index (χ0v) is 18.1. The summed E-state index contributed by atoms with van der Waals surface area (Å²) in [7, 11) is 1.21. The molecule has 10 nitrogen and oxygen atoms in total. The van der Waals surface area contributed by atoms with Crippen molar-refractivity contribution in [3.63, 3.8) is 0 Å². The average Bonchev–Trinajstić information content (AvgIpc) is 3.23. The molecule has 30 heavy (non-hydrogen) atoms. The Bertz CT molecular complexity index is 760. The van der Waals surface area contributed by atoms with E-state index in [0.29, 0.717) is 6.61 Å². The number of hydrogen-bond acceptors (Lipinski definition) is 9. The molecular weight excluding hydrogens is 398 g/mol. The highest BCUT2D eigenvalue weighted by Gasteiger charge is 2.67. The molecule has 4 fully saturated rings. The SMILES string of the molecule is COC(=O)[C@@H]1C[C@@]2(C[C@H]3OC[C@H]4OC(C)(C)O[C@H]4[C@H]3O2)C(=O)N1C(=O)OC(C)(C)C. The van der Waals surface area contributed by atoms with Gasteiger partial charge in [-0.15, -0.1) is 0 Å². The Morgan fingerprint density at radius 2 is 1.73 bits per heavy atom. The van der Waals surface area contributed by atoms with E-state index in [0.717, 1.165) is 4.90 Å². The van der Waals surface area contributed by atoms with Crippen molar-refractivity contribution in [2.75, 3.05) is 13.7 Å². The Balaban J connectivity index is 1.61. The highest BCUT2D eigenvalue weighted by molar-refractivity contribution is 6.04. The average molecular weight is 427 g/mol. The molecule has 10 heteroatoms. The quantitative estimate of drug-likeness (QED) is 0.569. The Kier molecular flexibility index (Phi) is 4.92. The van der Waals surface area contributed by atoms with Crippen LogP contribution < -0.4 is 0 Å². The van der Waals surface area contributed by atoms with Crippen molar-refractivity contribution in [3.05, 3.63) is 0 Å². The highest BCUT2D eigenvalue weighted by atomic mass is 16.8. The van der Waals surface area contributed by atoms with Crippen molar-refractivity contribution in [2.24, 2.45) is 0 Å². The molecule has 1 spiro atoms. The summed E-state index contributed by atoms with van der Waals surface area (Å²) < 4.78 is 34.2. The molecular formula is C20H29NO9. The minimum atomic E-state index is -1.39. The van der Waals surface area contributed by atoms with Gasteiger partial charge in [-0.25, -0.2) is 14.5 Å². The first-order valence-electron chi connectivity index (χ1n) is 10.2. The maximum Gasteiger partial charge on any atom is 0.417 e. The van der Waals surface area contributed by atoms with E-state index >= 15 is 0 Å². The topological polar surface area (TPSA) is 110 Å². The molecule has 0 bridgehead atoms. The number of methoxy groups -OCH3 is 1. The van der Waals surface area contributed by atoms with Crippen LogP contribution in [0, 0.1) is 0 Å². The van der Waals surface area contributed by atoms with Crippen LogP contribution in [0.4, 0.5) is 4.79 Å². The number of esters is 1. The molecule has 4 heterocycles. The lowest BCUT2D eigenvalue weighted by Gasteiger charge is -2.32. The number of carbonyl (C=O) groups excluding carboxylic acids is 3. The van der Waals surface area contributed by atoms with Crippen LogP contribution in [-0.4, -0.2) is 84.0 Å². The van der Waals surface area contributed by atoms with Crippen LogP contribution in [0.2, 0.25) is 0 Å². The molecule has 2 amide bonds. The lowest BCUT2D eigenvalue weighted by Crippen LogP contribution is -2.50. The van der Waals surface area contributed by atoms with E-state index in [2.05, 4.69) is 0 Å². The number of amides is 2. The standard InChI is InChI=1S/C20H29NO9/c1-18(2,3)30-17(24)21-10(15(22)25-6)7-20(16(21)23)8-11-13(29-20)14-12(9-26-11)27-19(4,5)28-14/h10-14H,7-9H2,1-6H3/t10-,11+,12+,13-,14+,20+/m0/s1. The van der Waals surface area contributed by atoms with Crippen molar-refractivity contribution in [1.29, 1.82) is 0 Å². The Morgan fingerprint density at radius 1 is 1.07 bits per heavy atom. The van der Waals surface area contributed by atoms with Gasteiger partial charge in [0, 0.05) is 12.8 Å². The summed E-state index contributed by atoms with van der Waals surface area (Å²) in [6.45, 7) is 8.98. The molecule has 0 aromatic heterocycles. The predicted octanol–water partition coefficient (Wildman–Crippen LogP) is 1.14. The Morgan fingerprint density at radius 3 is 2.37 bits per heavy atom. The van der Waals surface area contributed by atoms with Crippen molar-refractivity contribution >= 4 is 18.0 Å². The minimum absolute atomic E-state index is 0.0320. The number of rotatable bonds is 1. The molecule has 4 aliphatic heterocycles. The zero-order chi connectivity index (χ0) is 22.1. The molecule has 0 radical (unpaired) electrons. The molecule has 168 valence electrons. The van der Waals surface area contributed by atoms with Crippen LogP contribution in [0.3, 0.4) is 0 Å². The third kappa shape index (κ3) is 3.49. The van der Waals surface area contributed by atoms with Crippen molar-refractivity contribution in [2.45, 2.75) is 94.9 Å². The number of nitrogens with zero attached hydrogens (tertiary/aromatic N) is 1. The third-order valence-corrected chi connectivity index (χ3v) is 5.79. The number of ether oxygens (including phenoxy) is 6. The summed E-state index contributed by atoms with van der Waals surface area (Å²) in [6.07, 6.45) is -2.41. The van der Waals surface area contributed by atoms with Gasteiger partial charge in [-0.05, 0) is 34.6 Å². The van der Waals surface area contributed by atoms with Crippen molar-refractivity contribution in [1.82, 2.24) is 4.90 Å². The monoisotopic (exact) mass is 427 g/mol. The summed E-state index contributed by atoms with van der Waals surface area (Å²) in [5.41, 5.74) is -2.23. The normalized spacial score (nSPS) is 39.7. The first kappa shape index (κ1) is 21.5. The second kappa shape index (κ2) is 6.88. The number of hydrogen-bond donors (Lipinski definition) is 0. The van der Waals surface area contributed by atoms with E-state index in [9.17, 15) is 14.4 Å². The molecule has 6 atom stereocenters. The first-order chi connectivity index (χ1) is 13.9. The van der Waals surface area contributed by atoms with Gasteiger partial charge < -0.3 is 28.4 Å². The van der Waals surface area contributed by atoms with E-state index in [1.165, 1.54) is 7.11 Å². The van der Waals surface area contributed by atoms with E-state index in [1.54, 1.807) is 20.8 Å². The van der Waals surface area contributed by atoms with E-state index in [-0.39, 0.29) is 18.9 Å². The molecule has 4 rings (SSSR count). The molecule has 0 unspecified atom stereocenters. The van der Waals surface area contributed by atoms with Crippen LogP contribution in [0.15, 0.2) is 0 Å². The maximum absolute atomic E-state index is 13.4. The van der Waals surface area contributed by atoms with Gasteiger partial charge in [-0.2, -0.15) is 0 Å². The van der Waals surface area contributed by atoms with Gasteiger partial charge in [0.2, 0.25) is 0 Å². The molecule has 0 N–H and O–H groups in total. The predicted molar refractivity (Wildman–Crippen MR) is 99.3 cm³/mol. The van der Waals surface area contributed by atoms with Gasteiger partial charge in [-0.1, -0.05) is 0 Å². The maximum atomic E-state index is 13.4. The smallest absolute Gasteiger partial charge is 0.417 e. The molecule has 0 saturated carbocycles. The second-order valence-electron chi connectivity index (χ2n) is 9.69. The zero-order valence-electron chi connectivity index (χ0n) is 18.1. The molecule has 0 aliphatic carbocycles. The fraction of sp³-hybridized carbons (Fsp3) is 0.850. The number of imide groups is 1. The minimum Gasteiger partial charge on any atom is -0.467 e. The Hall–Kier alpha value is -1.75. The summed E-state index contributed by atoms with van der Waals surface area (Å²) in [5, 5.41) is 0.